The van der Waals surface area contributed by atoms with E-state index < -0.39 is 11.7 Å². The maximum atomic E-state index is 13.3. The highest BCUT2D eigenvalue weighted by Gasteiger charge is 2.16. The number of amides is 1. The largest absolute Gasteiger partial charge is 0.444 e. The highest BCUT2D eigenvalue weighted by Crippen LogP contribution is 2.14. The van der Waals surface area contributed by atoms with Crippen LogP contribution in [0.4, 0.5) is 9.18 Å². The highest BCUT2D eigenvalue weighted by atomic mass is 35.5. The molecule has 22 heavy (non-hydrogen) atoms. The molecule has 0 fully saturated rings. The first-order valence-corrected chi connectivity index (χ1v) is 7.72. The van der Waals surface area contributed by atoms with Crippen LogP contribution in [-0.4, -0.2) is 24.3 Å². The molecule has 0 aliphatic carbocycles. The second-order valence-corrected chi connectivity index (χ2v) is 6.58. The average molecular weight is 331 g/mol. The molecule has 1 atom stereocenters. The second kappa shape index (κ2) is 8.34. The molecule has 0 spiro atoms. The van der Waals surface area contributed by atoms with Gasteiger partial charge >= 0.3 is 6.09 Å². The van der Waals surface area contributed by atoms with Crippen LogP contribution in [-0.2, 0) is 11.3 Å². The molecule has 0 bridgehead atoms. The quantitative estimate of drug-likeness (QED) is 0.832. The molecule has 1 aromatic rings. The zero-order valence-electron chi connectivity index (χ0n) is 13.5. The van der Waals surface area contributed by atoms with Crippen molar-refractivity contribution < 1.29 is 13.9 Å². The number of carbonyl (C=O) groups is 1. The molecule has 1 rings (SSSR count). The molecule has 0 aliphatic heterocycles. The Hall–Kier alpha value is -1.33. The lowest BCUT2D eigenvalue weighted by Crippen LogP contribution is -2.42. The lowest BCUT2D eigenvalue weighted by Gasteiger charge is -2.22. The molecule has 2 N–H and O–H groups in total. The van der Waals surface area contributed by atoms with Gasteiger partial charge in [0, 0.05) is 24.2 Å². The van der Waals surface area contributed by atoms with Gasteiger partial charge in [-0.3, -0.25) is 0 Å². The van der Waals surface area contributed by atoms with Crippen molar-refractivity contribution in [2.45, 2.75) is 52.3 Å². The van der Waals surface area contributed by atoms with Crippen molar-refractivity contribution in [2.75, 3.05) is 6.54 Å². The van der Waals surface area contributed by atoms with Gasteiger partial charge in [-0.1, -0.05) is 18.5 Å². The third-order valence-corrected chi connectivity index (χ3v) is 3.12. The van der Waals surface area contributed by atoms with Gasteiger partial charge in [-0.15, -0.1) is 0 Å². The Morgan fingerprint density at radius 1 is 1.36 bits per heavy atom. The number of carbonyl (C=O) groups excluding carboxylic acids is 1. The molecule has 0 aromatic heterocycles. The number of halogens is 2. The molecule has 1 aromatic carbocycles. The molecular weight excluding hydrogens is 307 g/mol. The molecule has 1 unspecified atom stereocenters. The maximum absolute atomic E-state index is 13.3. The van der Waals surface area contributed by atoms with Gasteiger partial charge in [0.2, 0.25) is 0 Å². The van der Waals surface area contributed by atoms with Crippen molar-refractivity contribution in [3.63, 3.8) is 0 Å². The van der Waals surface area contributed by atoms with Crippen LogP contribution >= 0.6 is 11.6 Å². The number of ether oxygens (including phenoxy) is 1. The summed E-state index contributed by atoms with van der Waals surface area (Å²) >= 11 is 5.82. The van der Waals surface area contributed by atoms with Gasteiger partial charge in [-0.05, 0) is 51.0 Å². The standard InChI is InChI=1S/C16H24ClFN2O2/c1-5-14(10-20-15(21)22-16(2,3)4)19-9-11-6-12(17)8-13(18)7-11/h6-8,14,19H,5,9-10H2,1-4H3,(H,20,21). The van der Waals surface area contributed by atoms with Crippen molar-refractivity contribution in [3.05, 3.63) is 34.6 Å². The first-order valence-electron chi connectivity index (χ1n) is 7.35. The molecule has 0 saturated heterocycles. The lowest BCUT2D eigenvalue weighted by atomic mass is 10.1. The smallest absolute Gasteiger partial charge is 0.407 e. The predicted octanol–water partition coefficient (Wildman–Crippen LogP) is 3.87. The van der Waals surface area contributed by atoms with Crippen LogP contribution in [0.1, 0.15) is 39.7 Å². The first kappa shape index (κ1) is 18.7. The topological polar surface area (TPSA) is 50.4 Å². The molecule has 0 aliphatic rings. The number of rotatable bonds is 6. The average Bonchev–Trinajstić information content (AvgIpc) is 2.35. The van der Waals surface area contributed by atoms with E-state index in [4.69, 9.17) is 16.3 Å². The summed E-state index contributed by atoms with van der Waals surface area (Å²) in [4.78, 5) is 11.6. The van der Waals surface area contributed by atoms with Crippen LogP contribution in [0.25, 0.3) is 0 Å². The van der Waals surface area contributed by atoms with Crippen LogP contribution in [0.2, 0.25) is 5.02 Å². The summed E-state index contributed by atoms with van der Waals surface area (Å²) in [5, 5.41) is 6.36. The monoisotopic (exact) mass is 330 g/mol. The van der Waals surface area contributed by atoms with Crippen molar-refractivity contribution in [2.24, 2.45) is 0 Å². The fourth-order valence-electron chi connectivity index (χ4n) is 1.86. The van der Waals surface area contributed by atoms with E-state index in [2.05, 4.69) is 10.6 Å². The minimum atomic E-state index is -0.516. The Kier molecular flexibility index (Phi) is 7.10. The van der Waals surface area contributed by atoms with E-state index in [0.717, 1.165) is 12.0 Å². The van der Waals surface area contributed by atoms with Gasteiger partial charge < -0.3 is 15.4 Å². The van der Waals surface area contributed by atoms with E-state index in [-0.39, 0.29) is 11.9 Å². The van der Waals surface area contributed by atoms with Gasteiger partial charge in [0.25, 0.3) is 0 Å². The molecule has 0 saturated carbocycles. The maximum Gasteiger partial charge on any atom is 0.407 e. The Bertz CT molecular complexity index is 483. The number of nitrogens with one attached hydrogen (secondary N) is 2. The van der Waals surface area contributed by atoms with E-state index in [1.165, 1.54) is 12.1 Å². The van der Waals surface area contributed by atoms with Gasteiger partial charge in [0.1, 0.15) is 11.4 Å². The summed E-state index contributed by atoms with van der Waals surface area (Å²) in [6.45, 7) is 8.37. The van der Waals surface area contributed by atoms with Crippen molar-refractivity contribution >= 4 is 17.7 Å². The van der Waals surface area contributed by atoms with Gasteiger partial charge in [-0.2, -0.15) is 0 Å². The summed E-state index contributed by atoms with van der Waals surface area (Å²) in [6.07, 6.45) is 0.375. The van der Waals surface area contributed by atoms with Crippen molar-refractivity contribution in [1.29, 1.82) is 0 Å². The predicted molar refractivity (Wildman–Crippen MR) is 86.6 cm³/mol. The number of alkyl carbamates (subject to hydrolysis) is 1. The molecule has 6 heteroatoms. The zero-order chi connectivity index (χ0) is 16.8. The lowest BCUT2D eigenvalue weighted by molar-refractivity contribution is 0.0522. The molecule has 4 nitrogen and oxygen atoms in total. The Morgan fingerprint density at radius 2 is 2.05 bits per heavy atom. The van der Waals surface area contributed by atoms with Crippen LogP contribution in [0.15, 0.2) is 18.2 Å². The van der Waals surface area contributed by atoms with Crippen LogP contribution < -0.4 is 10.6 Å². The summed E-state index contributed by atoms with van der Waals surface area (Å²) in [5.41, 5.74) is 0.248. The summed E-state index contributed by atoms with van der Waals surface area (Å²) in [6, 6.07) is 4.49. The van der Waals surface area contributed by atoms with E-state index in [1.807, 2.05) is 27.7 Å². The molecule has 124 valence electrons. The van der Waals surface area contributed by atoms with Gasteiger partial charge in [-0.25, -0.2) is 9.18 Å². The number of hydrogen-bond donors (Lipinski definition) is 2. The zero-order valence-corrected chi connectivity index (χ0v) is 14.3. The minimum absolute atomic E-state index is 0.0644. The number of hydrogen-bond acceptors (Lipinski definition) is 3. The molecular formula is C16H24ClFN2O2. The van der Waals surface area contributed by atoms with Crippen LogP contribution in [0, 0.1) is 5.82 Å². The second-order valence-electron chi connectivity index (χ2n) is 6.15. The SMILES string of the molecule is CCC(CNC(=O)OC(C)(C)C)NCc1cc(F)cc(Cl)c1. The molecule has 0 heterocycles. The fourth-order valence-corrected chi connectivity index (χ4v) is 2.10. The first-order chi connectivity index (χ1) is 10.2. The normalized spacial score (nSPS) is 12.8. The molecule has 0 radical (unpaired) electrons. The summed E-state index contributed by atoms with van der Waals surface area (Å²) in [7, 11) is 0. The minimum Gasteiger partial charge on any atom is -0.444 e. The summed E-state index contributed by atoms with van der Waals surface area (Å²) < 4.78 is 18.4. The van der Waals surface area contributed by atoms with Gasteiger partial charge in [0.15, 0.2) is 0 Å². The fraction of sp³-hybridized carbons (Fsp3) is 0.562. The van der Waals surface area contributed by atoms with Crippen LogP contribution in [0.5, 0.6) is 0 Å². The Labute approximate surface area is 136 Å². The Balaban J connectivity index is 2.43. The third-order valence-electron chi connectivity index (χ3n) is 2.90. The van der Waals surface area contributed by atoms with E-state index >= 15 is 0 Å². The van der Waals surface area contributed by atoms with Gasteiger partial charge in [0.05, 0.1) is 0 Å². The van der Waals surface area contributed by atoms with E-state index in [0.29, 0.717) is 18.1 Å². The van der Waals surface area contributed by atoms with Crippen molar-refractivity contribution in [3.8, 4) is 0 Å². The number of benzene rings is 1. The summed E-state index contributed by atoms with van der Waals surface area (Å²) in [5.74, 6) is -0.357. The Morgan fingerprint density at radius 3 is 2.59 bits per heavy atom. The van der Waals surface area contributed by atoms with E-state index in [9.17, 15) is 9.18 Å². The van der Waals surface area contributed by atoms with Crippen LogP contribution in [0.3, 0.4) is 0 Å². The van der Waals surface area contributed by atoms with Crippen molar-refractivity contribution in [1.82, 2.24) is 10.6 Å². The third kappa shape index (κ3) is 7.61. The van der Waals surface area contributed by atoms with E-state index in [1.54, 1.807) is 6.07 Å². The highest BCUT2D eigenvalue weighted by molar-refractivity contribution is 6.30. The molecule has 1 amide bonds.